The number of hydrogen-bond donors (Lipinski definition) is 2. The van der Waals surface area contributed by atoms with Gasteiger partial charge in [-0.2, -0.15) is 9.98 Å². The Morgan fingerprint density at radius 2 is 1.70 bits per heavy atom. The van der Waals surface area contributed by atoms with E-state index in [4.69, 9.17) is 0 Å². The van der Waals surface area contributed by atoms with Crippen molar-refractivity contribution in [1.82, 2.24) is 10.0 Å². The van der Waals surface area contributed by atoms with Crippen LogP contribution < -0.4 is 10.0 Å². The van der Waals surface area contributed by atoms with Gasteiger partial charge in [-0.3, -0.25) is 4.79 Å². The molecule has 1 saturated carbocycles. The van der Waals surface area contributed by atoms with Crippen molar-refractivity contribution in [2.75, 3.05) is 0 Å². The Labute approximate surface area is 192 Å². The van der Waals surface area contributed by atoms with Crippen LogP contribution in [-0.2, 0) is 21.2 Å². The molecule has 33 heavy (non-hydrogen) atoms. The number of rotatable bonds is 8. The van der Waals surface area contributed by atoms with Crippen molar-refractivity contribution < 1.29 is 17.6 Å². The zero-order chi connectivity index (χ0) is 23.5. The molecule has 3 aromatic rings. The van der Waals surface area contributed by atoms with Gasteiger partial charge in [0.2, 0.25) is 15.9 Å². The molecule has 6 nitrogen and oxygen atoms in total. The normalized spacial score (nSPS) is 15.3. The fraction of sp³-hybridized carbons (Fsp3) is 0.200. The second-order valence-corrected chi connectivity index (χ2v) is 9.80. The smallest absolute Gasteiger partial charge is 0.241 e. The Morgan fingerprint density at radius 1 is 1.00 bits per heavy atom. The molecule has 1 atom stereocenters. The summed E-state index contributed by atoms with van der Waals surface area (Å²) in [6, 6.07) is 22.0. The van der Waals surface area contributed by atoms with Gasteiger partial charge in [-0.25, -0.2) is 12.8 Å². The summed E-state index contributed by atoms with van der Waals surface area (Å²) in [5.41, 5.74) is 1.13. The molecular weight excluding hydrogens is 441 g/mol. The summed E-state index contributed by atoms with van der Waals surface area (Å²) in [5, 5.41) is 12.0. The maximum Gasteiger partial charge on any atom is 0.241 e. The lowest BCUT2D eigenvalue weighted by Crippen LogP contribution is -2.51. The highest BCUT2D eigenvalue weighted by Crippen LogP contribution is 2.34. The number of amides is 1. The summed E-state index contributed by atoms with van der Waals surface area (Å²) in [4.78, 5) is 12.9. The first kappa shape index (κ1) is 22.6. The van der Waals surface area contributed by atoms with Crippen LogP contribution in [0.4, 0.5) is 4.39 Å². The number of hydrogen-bond acceptors (Lipinski definition) is 4. The van der Waals surface area contributed by atoms with Crippen LogP contribution in [0, 0.1) is 17.1 Å². The molecule has 0 aromatic heterocycles. The van der Waals surface area contributed by atoms with Crippen LogP contribution in [0.1, 0.15) is 18.4 Å². The van der Waals surface area contributed by atoms with E-state index in [1.54, 1.807) is 36.4 Å². The fourth-order valence-corrected chi connectivity index (χ4v) is 4.73. The first-order valence-corrected chi connectivity index (χ1v) is 11.9. The molecule has 1 aliphatic carbocycles. The zero-order valence-corrected chi connectivity index (χ0v) is 18.5. The molecule has 3 aromatic carbocycles. The molecule has 0 saturated heterocycles. The van der Waals surface area contributed by atoms with Crippen LogP contribution in [0.15, 0.2) is 83.8 Å². The lowest BCUT2D eigenvalue weighted by Gasteiger charge is -2.20. The lowest BCUT2D eigenvalue weighted by atomic mass is 10.1. The Balaban J connectivity index is 1.60. The number of carbonyl (C=O) groups excluding carboxylic acids is 1. The van der Waals surface area contributed by atoms with E-state index in [2.05, 4.69) is 16.1 Å². The average Bonchev–Trinajstić information content (AvgIpc) is 3.59. The van der Waals surface area contributed by atoms with Crippen LogP contribution in [0.5, 0.6) is 0 Å². The molecule has 1 aliphatic rings. The minimum absolute atomic E-state index is 0.0170. The van der Waals surface area contributed by atoms with Crippen molar-refractivity contribution in [1.29, 1.82) is 5.26 Å². The molecule has 8 heteroatoms. The molecule has 0 heterocycles. The number of nitrogens with one attached hydrogen (secondary N) is 2. The molecule has 2 N–H and O–H groups in total. The number of sulfonamides is 1. The summed E-state index contributed by atoms with van der Waals surface area (Å²) >= 11 is 0. The van der Waals surface area contributed by atoms with Crippen LogP contribution in [0.3, 0.4) is 0 Å². The minimum atomic E-state index is -4.07. The third-order valence-electron chi connectivity index (χ3n) is 5.54. The van der Waals surface area contributed by atoms with E-state index >= 15 is 0 Å². The van der Waals surface area contributed by atoms with Gasteiger partial charge in [0, 0.05) is 0 Å². The van der Waals surface area contributed by atoms with Crippen molar-refractivity contribution in [3.05, 3.63) is 90.2 Å². The van der Waals surface area contributed by atoms with Crippen molar-refractivity contribution in [2.45, 2.75) is 35.7 Å². The Hall–Kier alpha value is -3.54. The van der Waals surface area contributed by atoms with Gasteiger partial charge < -0.3 is 5.32 Å². The van der Waals surface area contributed by atoms with Crippen molar-refractivity contribution in [2.24, 2.45) is 0 Å². The summed E-state index contributed by atoms with van der Waals surface area (Å²) in [7, 11) is -4.07. The van der Waals surface area contributed by atoms with Crippen molar-refractivity contribution in [3.63, 3.8) is 0 Å². The minimum Gasteiger partial charge on any atom is -0.336 e. The molecule has 1 amide bonds. The molecule has 0 spiro atoms. The fourth-order valence-electron chi connectivity index (χ4n) is 3.49. The summed E-state index contributed by atoms with van der Waals surface area (Å²) in [5.74, 6) is -0.930. The second-order valence-electron chi connectivity index (χ2n) is 8.08. The first-order chi connectivity index (χ1) is 15.8. The summed E-state index contributed by atoms with van der Waals surface area (Å²) in [6.45, 7) is 0. The Kier molecular flexibility index (Phi) is 6.27. The molecule has 1 fully saturated rings. The van der Waals surface area contributed by atoms with E-state index in [0.717, 1.165) is 5.56 Å². The highest BCUT2D eigenvalue weighted by molar-refractivity contribution is 7.89. The lowest BCUT2D eigenvalue weighted by molar-refractivity contribution is -0.123. The third kappa shape index (κ3) is 5.45. The largest absolute Gasteiger partial charge is 0.336 e. The van der Waals surface area contributed by atoms with E-state index in [0.29, 0.717) is 24.0 Å². The zero-order valence-electron chi connectivity index (χ0n) is 17.7. The topological polar surface area (TPSA) is 99.1 Å². The molecule has 0 unspecified atom stereocenters. The highest BCUT2D eigenvalue weighted by atomic mass is 32.2. The maximum absolute atomic E-state index is 13.3. The quantitative estimate of drug-likeness (QED) is 0.534. The maximum atomic E-state index is 13.3. The van der Waals surface area contributed by atoms with Gasteiger partial charge in [-0.1, -0.05) is 54.6 Å². The standard InChI is InChI=1S/C25H22FN3O3S/c26-21-11-9-19(10-12-21)20-7-4-8-22(16-20)33(31,32)29-23(15-18-5-2-1-3-6-18)24(30)28-25(17-27)13-14-25/h1-12,16,23,29H,13-15H2,(H,28,30)/t23-/m0/s1. The molecular formula is C25H22FN3O3S. The Morgan fingerprint density at radius 3 is 2.33 bits per heavy atom. The number of benzene rings is 3. The number of nitrogens with zero attached hydrogens (tertiary/aromatic N) is 1. The van der Waals surface area contributed by atoms with Gasteiger partial charge in [-0.05, 0) is 60.2 Å². The van der Waals surface area contributed by atoms with Crippen LogP contribution >= 0.6 is 0 Å². The Bertz CT molecular complexity index is 1300. The summed E-state index contributed by atoms with van der Waals surface area (Å²) < 4.78 is 42.2. The number of carbonyl (C=O) groups is 1. The van der Waals surface area contributed by atoms with E-state index in [-0.39, 0.29) is 17.1 Å². The monoisotopic (exact) mass is 463 g/mol. The van der Waals surface area contributed by atoms with E-state index < -0.39 is 27.5 Å². The van der Waals surface area contributed by atoms with E-state index in [1.165, 1.54) is 24.3 Å². The van der Waals surface area contributed by atoms with Gasteiger partial charge in [0.25, 0.3) is 0 Å². The van der Waals surface area contributed by atoms with Crippen molar-refractivity contribution in [3.8, 4) is 17.2 Å². The molecule has 0 aliphatic heterocycles. The first-order valence-electron chi connectivity index (χ1n) is 10.5. The number of nitriles is 1. The van der Waals surface area contributed by atoms with E-state index in [9.17, 15) is 22.9 Å². The van der Waals surface area contributed by atoms with Crippen LogP contribution in [0.25, 0.3) is 11.1 Å². The highest BCUT2D eigenvalue weighted by Gasteiger charge is 2.46. The molecule has 4 rings (SSSR count). The number of halogens is 1. The van der Waals surface area contributed by atoms with Gasteiger partial charge in [-0.15, -0.1) is 0 Å². The SMILES string of the molecule is N#CC1(NC(=O)[C@H](Cc2ccccc2)NS(=O)(=O)c2cccc(-c3ccc(F)cc3)c2)CC1. The van der Waals surface area contributed by atoms with E-state index in [1.807, 2.05) is 18.2 Å². The molecule has 0 bridgehead atoms. The van der Waals surface area contributed by atoms with Crippen LogP contribution in [-0.4, -0.2) is 25.9 Å². The predicted octanol–water partition coefficient (Wildman–Crippen LogP) is 3.55. The van der Waals surface area contributed by atoms with Gasteiger partial charge in [0.1, 0.15) is 17.4 Å². The van der Waals surface area contributed by atoms with Crippen LogP contribution in [0.2, 0.25) is 0 Å². The summed E-state index contributed by atoms with van der Waals surface area (Å²) in [6.07, 6.45) is 1.21. The van der Waals surface area contributed by atoms with Gasteiger partial charge in [0.15, 0.2) is 0 Å². The van der Waals surface area contributed by atoms with Gasteiger partial charge >= 0.3 is 0 Å². The predicted molar refractivity (Wildman–Crippen MR) is 122 cm³/mol. The second kappa shape index (κ2) is 9.14. The average molecular weight is 464 g/mol. The third-order valence-corrected chi connectivity index (χ3v) is 7.01. The molecule has 0 radical (unpaired) electrons. The van der Waals surface area contributed by atoms with Crippen molar-refractivity contribution >= 4 is 15.9 Å². The van der Waals surface area contributed by atoms with Gasteiger partial charge in [0.05, 0.1) is 11.0 Å². The molecule has 168 valence electrons.